The summed E-state index contributed by atoms with van der Waals surface area (Å²) in [6.45, 7) is 2.16. The summed E-state index contributed by atoms with van der Waals surface area (Å²) in [6.07, 6.45) is 0. The van der Waals surface area contributed by atoms with Crippen LogP contribution in [0.5, 0.6) is 5.75 Å². The first-order valence-corrected chi connectivity index (χ1v) is 9.23. The van der Waals surface area contributed by atoms with Gasteiger partial charge in [-0.05, 0) is 65.6 Å². The molecular weight excluding hydrogens is 424 g/mol. The van der Waals surface area contributed by atoms with E-state index in [4.69, 9.17) is 9.84 Å². The van der Waals surface area contributed by atoms with Gasteiger partial charge in [0.15, 0.2) is 0 Å². The molecule has 0 saturated heterocycles. The number of aromatic carboxylic acids is 2. The molecule has 0 saturated carbocycles. The molecule has 2 N–H and O–H groups in total. The largest absolute Gasteiger partial charge is 0.489 e. The molecule has 0 spiro atoms. The molecule has 3 aromatic carbocycles. The summed E-state index contributed by atoms with van der Waals surface area (Å²) in [5.74, 6) is -1.92. The van der Waals surface area contributed by atoms with Gasteiger partial charge in [-0.1, -0.05) is 40.2 Å². The third-order valence-corrected chi connectivity index (χ3v) is 4.78. The van der Waals surface area contributed by atoms with E-state index >= 15 is 0 Å². The standard InChI is InChI=1S/C22H17BrO5/c1-13-9-16(23)6-8-18(13)15-3-2-4-17(11-15)28-12-14-5-7-19(21(24)25)20(10-14)22(26)27/h2-11H,12H2,1H3,(H,24,25)(H,26,27). The van der Waals surface area contributed by atoms with Gasteiger partial charge in [-0.3, -0.25) is 0 Å². The zero-order valence-electron chi connectivity index (χ0n) is 15.0. The lowest BCUT2D eigenvalue weighted by Gasteiger charge is -2.11. The second-order valence-electron chi connectivity index (χ2n) is 6.27. The summed E-state index contributed by atoms with van der Waals surface area (Å²) >= 11 is 3.46. The molecule has 28 heavy (non-hydrogen) atoms. The number of aryl methyl sites for hydroxylation is 1. The van der Waals surface area contributed by atoms with Crippen LogP contribution in [-0.4, -0.2) is 22.2 Å². The summed E-state index contributed by atoms with van der Waals surface area (Å²) in [5, 5.41) is 18.3. The SMILES string of the molecule is Cc1cc(Br)ccc1-c1cccc(OCc2ccc(C(=O)O)c(C(=O)O)c2)c1. The summed E-state index contributed by atoms with van der Waals surface area (Å²) in [7, 11) is 0. The monoisotopic (exact) mass is 440 g/mol. The number of hydrogen-bond acceptors (Lipinski definition) is 3. The minimum absolute atomic E-state index is 0.128. The maximum Gasteiger partial charge on any atom is 0.336 e. The molecule has 0 unspecified atom stereocenters. The lowest BCUT2D eigenvalue weighted by Crippen LogP contribution is -2.09. The van der Waals surface area contributed by atoms with Crippen LogP contribution in [0, 0.1) is 6.92 Å². The summed E-state index contributed by atoms with van der Waals surface area (Å²) in [4.78, 5) is 22.4. The number of hydrogen-bond donors (Lipinski definition) is 2. The smallest absolute Gasteiger partial charge is 0.336 e. The highest BCUT2D eigenvalue weighted by atomic mass is 79.9. The molecule has 0 amide bonds. The number of benzene rings is 3. The summed E-state index contributed by atoms with van der Waals surface area (Å²) < 4.78 is 6.82. The lowest BCUT2D eigenvalue weighted by molar-refractivity contribution is 0.0651. The van der Waals surface area contributed by atoms with Gasteiger partial charge in [0.25, 0.3) is 0 Å². The fraction of sp³-hybridized carbons (Fsp3) is 0.0909. The molecule has 5 nitrogen and oxygen atoms in total. The predicted octanol–water partition coefficient (Wildman–Crippen LogP) is 5.40. The van der Waals surface area contributed by atoms with Gasteiger partial charge in [-0.25, -0.2) is 9.59 Å². The molecule has 0 aliphatic heterocycles. The Balaban J connectivity index is 1.81. The molecule has 3 aromatic rings. The fourth-order valence-electron chi connectivity index (χ4n) is 2.92. The average Bonchev–Trinajstić information content (AvgIpc) is 2.66. The number of halogens is 1. The van der Waals surface area contributed by atoms with Crippen LogP contribution in [0.1, 0.15) is 31.8 Å². The second kappa shape index (κ2) is 8.27. The number of carboxylic acids is 2. The van der Waals surface area contributed by atoms with Crippen molar-refractivity contribution >= 4 is 27.9 Å². The van der Waals surface area contributed by atoms with E-state index in [0.29, 0.717) is 11.3 Å². The summed E-state index contributed by atoms with van der Waals surface area (Å²) in [6, 6.07) is 17.8. The highest BCUT2D eigenvalue weighted by molar-refractivity contribution is 9.10. The normalized spacial score (nSPS) is 10.5. The summed E-state index contributed by atoms with van der Waals surface area (Å²) in [5.41, 5.74) is 3.30. The Bertz CT molecular complexity index is 1060. The minimum atomic E-state index is -1.29. The van der Waals surface area contributed by atoms with E-state index in [2.05, 4.69) is 15.9 Å². The molecule has 6 heteroatoms. The molecule has 0 aliphatic carbocycles. The Morgan fingerprint density at radius 2 is 1.68 bits per heavy atom. The zero-order valence-corrected chi connectivity index (χ0v) is 16.6. The van der Waals surface area contributed by atoms with Crippen molar-refractivity contribution in [1.29, 1.82) is 0 Å². The van der Waals surface area contributed by atoms with E-state index in [1.54, 1.807) is 6.07 Å². The van der Waals surface area contributed by atoms with Crippen molar-refractivity contribution in [2.75, 3.05) is 0 Å². The van der Waals surface area contributed by atoms with Crippen LogP contribution in [0.25, 0.3) is 11.1 Å². The molecule has 0 aliphatic rings. The lowest BCUT2D eigenvalue weighted by atomic mass is 10.0. The first-order chi connectivity index (χ1) is 13.3. The molecule has 0 atom stereocenters. The van der Waals surface area contributed by atoms with Crippen LogP contribution in [0.3, 0.4) is 0 Å². The van der Waals surface area contributed by atoms with Crippen LogP contribution >= 0.6 is 15.9 Å². The zero-order chi connectivity index (χ0) is 20.3. The molecule has 0 heterocycles. The quantitative estimate of drug-likeness (QED) is 0.535. The van der Waals surface area contributed by atoms with Crippen molar-refractivity contribution in [3.05, 3.63) is 87.4 Å². The van der Waals surface area contributed by atoms with Crippen molar-refractivity contribution in [3.63, 3.8) is 0 Å². The first-order valence-electron chi connectivity index (χ1n) is 8.44. The number of carbonyl (C=O) groups is 2. The van der Waals surface area contributed by atoms with Gasteiger partial charge < -0.3 is 14.9 Å². The van der Waals surface area contributed by atoms with Crippen LogP contribution in [-0.2, 0) is 6.61 Å². The van der Waals surface area contributed by atoms with E-state index in [1.165, 1.54) is 12.1 Å². The number of carboxylic acid groups (broad SMARTS) is 2. The number of ether oxygens (including phenoxy) is 1. The van der Waals surface area contributed by atoms with E-state index in [-0.39, 0.29) is 17.7 Å². The third kappa shape index (κ3) is 4.40. The van der Waals surface area contributed by atoms with Crippen molar-refractivity contribution in [2.24, 2.45) is 0 Å². The van der Waals surface area contributed by atoms with Gasteiger partial charge in [-0.15, -0.1) is 0 Å². The molecule has 0 fully saturated rings. The molecule has 0 radical (unpaired) electrons. The Kier molecular flexibility index (Phi) is 5.80. The van der Waals surface area contributed by atoms with E-state index in [9.17, 15) is 14.7 Å². The molecule has 0 aromatic heterocycles. The van der Waals surface area contributed by atoms with E-state index < -0.39 is 11.9 Å². The topological polar surface area (TPSA) is 83.8 Å². The van der Waals surface area contributed by atoms with Gasteiger partial charge in [-0.2, -0.15) is 0 Å². The number of rotatable bonds is 6. The van der Waals surface area contributed by atoms with Crippen molar-refractivity contribution in [1.82, 2.24) is 0 Å². The Morgan fingerprint density at radius 1 is 0.929 bits per heavy atom. The maximum absolute atomic E-state index is 11.3. The van der Waals surface area contributed by atoms with Gasteiger partial charge in [0.1, 0.15) is 12.4 Å². The molecule has 3 rings (SSSR count). The van der Waals surface area contributed by atoms with Gasteiger partial charge >= 0.3 is 11.9 Å². The van der Waals surface area contributed by atoms with Crippen LogP contribution in [0.15, 0.2) is 65.1 Å². The van der Waals surface area contributed by atoms with E-state index in [1.807, 2.05) is 49.4 Å². The Labute approximate surface area is 170 Å². The Morgan fingerprint density at radius 3 is 2.36 bits per heavy atom. The van der Waals surface area contributed by atoms with Crippen molar-refractivity contribution in [2.45, 2.75) is 13.5 Å². The minimum Gasteiger partial charge on any atom is -0.489 e. The van der Waals surface area contributed by atoms with Crippen molar-refractivity contribution < 1.29 is 24.5 Å². The van der Waals surface area contributed by atoms with Gasteiger partial charge in [0.2, 0.25) is 0 Å². The molecule has 142 valence electrons. The molecule has 0 bridgehead atoms. The third-order valence-electron chi connectivity index (χ3n) is 4.28. The van der Waals surface area contributed by atoms with Gasteiger partial charge in [0, 0.05) is 4.47 Å². The Hall–Kier alpha value is -3.12. The molecular formula is C22H17BrO5. The highest BCUT2D eigenvalue weighted by Crippen LogP contribution is 2.29. The fourth-order valence-corrected chi connectivity index (χ4v) is 3.39. The van der Waals surface area contributed by atoms with Crippen LogP contribution in [0.4, 0.5) is 0 Å². The van der Waals surface area contributed by atoms with Gasteiger partial charge in [0.05, 0.1) is 11.1 Å². The van der Waals surface area contributed by atoms with E-state index in [0.717, 1.165) is 21.2 Å². The van der Waals surface area contributed by atoms with Crippen LogP contribution in [0.2, 0.25) is 0 Å². The highest BCUT2D eigenvalue weighted by Gasteiger charge is 2.16. The average molecular weight is 441 g/mol. The second-order valence-corrected chi connectivity index (χ2v) is 7.18. The van der Waals surface area contributed by atoms with Crippen molar-refractivity contribution in [3.8, 4) is 16.9 Å². The first kappa shape index (κ1) is 19.6. The van der Waals surface area contributed by atoms with Crippen LogP contribution < -0.4 is 4.74 Å². The predicted molar refractivity (Wildman–Crippen MR) is 109 cm³/mol. The maximum atomic E-state index is 11.3.